The number of aromatic nitrogens is 3. The van der Waals surface area contributed by atoms with Crippen molar-refractivity contribution in [3.05, 3.63) is 42.2 Å². The summed E-state index contributed by atoms with van der Waals surface area (Å²) in [6.07, 6.45) is 7.65. The average Bonchev–Trinajstić information content (AvgIpc) is 3.09. The number of likely N-dealkylation sites (tertiary alicyclic amines) is 2. The number of nitrogens with zero attached hydrogens (tertiary/aromatic N) is 5. The van der Waals surface area contributed by atoms with Crippen molar-refractivity contribution in [2.45, 2.75) is 38.5 Å². The van der Waals surface area contributed by atoms with Crippen molar-refractivity contribution in [3.63, 3.8) is 0 Å². The van der Waals surface area contributed by atoms with Gasteiger partial charge in [0.15, 0.2) is 5.69 Å². The van der Waals surface area contributed by atoms with Crippen LogP contribution >= 0.6 is 0 Å². The quantitative estimate of drug-likeness (QED) is 0.819. The minimum absolute atomic E-state index is 0.0437. The van der Waals surface area contributed by atoms with Crippen LogP contribution in [0.25, 0.3) is 5.69 Å². The Morgan fingerprint density at radius 3 is 2.21 bits per heavy atom. The van der Waals surface area contributed by atoms with E-state index in [4.69, 9.17) is 0 Å². The molecule has 2 saturated heterocycles. The van der Waals surface area contributed by atoms with Gasteiger partial charge in [0.25, 0.3) is 5.91 Å². The van der Waals surface area contributed by atoms with Crippen molar-refractivity contribution in [3.8, 4) is 5.69 Å². The topological polar surface area (TPSA) is 71.3 Å². The van der Waals surface area contributed by atoms with E-state index in [2.05, 4.69) is 10.2 Å². The van der Waals surface area contributed by atoms with Gasteiger partial charge in [0.05, 0.1) is 11.9 Å². The standard InChI is InChI=1S/C21H27N5O2/c27-20(24-12-6-1-2-7-13-24)17-10-14-25(15-11-17)21(28)19-16-22-26(23-19)18-8-4-3-5-9-18/h3-5,8-9,16-17H,1-2,6-7,10-15H2. The lowest BCUT2D eigenvalue weighted by molar-refractivity contribution is -0.136. The molecular formula is C21H27N5O2. The molecule has 2 aliphatic heterocycles. The molecule has 0 spiro atoms. The summed E-state index contributed by atoms with van der Waals surface area (Å²) in [5.74, 6) is 0.217. The fourth-order valence-corrected chi connectivity index (χ4v) is 4.09. The number of carbonyl (C=O) groups is 2. The zero-order valence-corrected chi connectivity index (χ0v) is 16.2. The first-order chi connectivity index (χ1) is 13.7. The molecule has 28 heavy (non-hydrogen) atoms. The van der Waals surface area contributed by atoms with Gasteiger partial charge in [0.2, 0.25) is 5.91 Å². The Morgan fingerprint density at radius 2 is 1.54 bits per heavy atom. The lowest BCUT2D eigenvalue weighted by atomic mass is 9.95. The molecule has 2 aliphatic rings. The lowest BCUT2D eigenvalue weighted by Gasteiger charge is -2.33. The van der Waals surface area contributed by atoms with Crippen molar-refractivity contribution in [2.24, 2.45) is 5.92 Å². The third-order valence-electron chi connectivity index (χ3n) is 5.75. The Bertz CT molecular complexity index is 803. The summed E-state index contributed by atoms with van der Waals surface area (Å²) in [7, 11) is 0. The fourth-order valence-electron chi connectivity index (χ4n) is 4.09. The molecule has 2 aromatic rings. The number of rotatable bonds is 3. The van der Waals surface area contributed by atoms with Gasteiger partial charge < -0.3 is 9.80 Å². The first kappa shape index (κ1) is 18.7. The lowest BCUT2D eigenvalue weighted by Crippen LogP contribution is -2.44. The minimum atomic E-state index is -0.108. The molecule has 0 unspecified atom stereocenters. The summed E-state index contributed by atoms with van der Waals surface area (Å²) in [4.78, 5) is 30.9. The van der Waals surface area contributed by atoms with E-state index >= 15 is 0 Å². The van der Waals surface area contributed by atoms with Gasteiger partial charge in [-0.3, -0.25) is 9.59 Å². The van der Waals surface area contributed by atoms with Crippen molar-refractivity contribution in [1.82, 2.24) is 24.8 Å². The maximum absolute atomic E-state index is 12.8. The SMILES string of the molecule is O=C(c1cnn(-c2ccccc2)n1)N1CCC(C(=O)N2CCCCCC2)CC1. The molecule has 7 nitrogen and oxygen atoms in total. The maximum atomic E-state index is 12.8. The number of para-hydroxylation sites is 1. The summed E-state index contributed by atoms with van der Waals surface area (Å²) in [5, 5.41) is 8.55. The number of amides is 2. The molecule has 0 aliphatic carbocycles. The van der Waals surface area contributed by atoms with Gasteiger partial charge in [-0.15, -0.1) is 5.10 Å². The molecule has 0 saturated carbocycles. The van der Waals surface area contributed by atoms with Crippen LogP contribution in [-0.4, -0.2) is 62.8 Å². The second-order valence-corrected chi connectivity index (χ2v) is 7.66. The van der Waals surface area contributed by atoms with E-state index in [1.807, 2.05) is 35.2 Å². The molecule has 0 atom stereocenters. The van der Waals surface area contributed by atoms with E-state index < -0.39 is 0 Å². The highest BCUT2D eigenvalue weighted by molar-refractivity contribution is 5.92. The Kier molecular flexibility index (Phi) is 5.69. The molecule has 7 heteroatoms. The van der Waals surface area contributed by atoms with Crippen LogP contribution < -0.4 is 0 Å². The van der Waals surface area contributed by atoms with Crippen molar-refractivity contribution >= 4 is 11.8 Å². The van der Waals surface area contributed by atoms with Crippen molar-refractivity contribution < 1.29 is 9.59 Å². The molecule has 2 fully saturated rings. The summed E-state index contributed by atoms with van der Waals surface area (Å²) in [6, 6.07) is 9.54. The van der Waals surface area contributed by atoms with Crippen LogP contribution in [0.2, 0.25) is 0 Å². The van der Waals surface area contributed by atoms with E-state index in [1.165, 1.54) is 23.8 Å². The highest BCUT2D eigenvalue weighted by atomic mass is 16.2. The van der Waals surface area contributed by atoms with E-state index in [0.717, 1.165) is 44.5 Å². The minimum Gasteiger partial charge on any atom is -0.342 e. The second-order valence-electron chi connectivity index (χ2n) is 7.66. The third kappa shape index (κ3) is 4.08. The van der Waals surface area contributed by atoms with E-state index in [9.17, 15) is 9.59 Å². The van der Waals surface area contributed by atoms with Gasteiger partial charge >= 0.3 is 0 Å². The van der Waals surface area contributed by atoms with E-state index in [0.29, 0.717) is 18.8 Å². The number of carbonyl (C=O) groups excluding carboxylic acids is 2. The van der Waals surface area contributed by atoms with Gasteiger partial charge in [-0.05, 0) is 37.8 Å². The first-order valence-corrected chi connectivity index (χ1v) is 10.3. The largest absolute Gasteiger partial charge is 0.342 e. The van der Waals surface area contributed by atoms with Crippen LogP contribution in [0.1, 0.15) is 49.0 Å². The summed E-state index contributed by atoms with van der Waals surface area (Å²) in [5.41, 5.74) is 1.17. The van der Waals surface area contributed by atoms with Crippen LogP contribution in [0.4, 0.5) is 0 Å². The highest BCUT2D eigenvalue weighted by Crippen LogP contribution is 2.22. The summed E-state index contributed by atoms with van der Waals surface area (Å²) < 4.78 is 0. The van der Waals surface area contributed by atoms with E-state index in [-0.39, 0.29) is 17.7 Å². The Hall–Kier alpha value is -2.70. The monoisotopic (exact) mass is 381 g/mol. The van der Waals surface area contributed by atoms with Gasteiger partial charge in [-0.25, -0.2) is 0 Å². The van der Waals surface area contributed by atoms with Crippen molar-refractivity contribution in [1.29, 1.82) is 0 Å². The van der Waals surface area contributed by atoms with Gasteiger partial charge in [0.1, 0.15) is 0 Å². The van der Waals surface area contributed by atoms with E-state index in [1.54, 1.807) is 4.90 Å². The second kappa shape index (κ2) is 8.54. The first-order valence-electron chi connectivity index (χ1n) is 10.3. The highest BCUT2D eigenvalue weighted by Gasteiger charge is 2.31. The van der Waals surface area contributed by atoms with Crippen molar-refractivity contribution in [2.75, 3.05) is 26.2 Å². The van der Waals surface area contributed by atoms with Gasteiger partial charge in [0, 0.05) is 32.1 Å². The van der Waals surface area contributed by atoms with Crippen LogP contribution in [0.3, 0.4) is 0 Å². The fraction of sp³-hybridized carbons (Fsp3) is 0.524. The maximum Gasteiger partial charge on any atom is 0.276 e. The molecule has 0 bridgehead atoms. The molecule has 1 aromatic carbocycles. The average molecular weight is 381 g/mol. The molecule has 148 valence electrons. The number of hydrogen-bond donors (Lipinski definition) is 0. The molecular weight excluding hydrogens is 354 g/mol. The predicted octanol–water partition coefficient (Wildman–Crippen LogP) is 2.52. The van der Waals surface area contributed by atoms with Crippen LogP contribution in [-0.2, 0) is 4.79 Å². The molecule has 3 heterocycles. The smallest absolute Gasteiger partial charge is 0.276 e. The van der Waals surface area contributed by atoms with Crippen LogP contribution in [0, 0.1) is 5.92 Å². The Labute approximate surface area is 165 Å². The molecule has 2 amide bonds. The Morgan fingerprint density at radius 1 is 0.857 bits per heavy atom. The zero-order valence-electron chi connectivity index (χ0n) is 16.2. The molecule has 0 N–H and O–H groups in total. The third-order valence-corrected chi connectivity index (χ3v) is 5.75. The summed E-state index contributed by atoms with van der Waals surface area (Å²) >= 11 is 0. The number of benzene rings is 1. The number of hydrogen-bond acceptors (Lipinski definition) is 4. The van der Waals surface area contributed by atoms with Gasteiger partial charge in [-0.1, -0.05) is 31.0 Å². The Balaban J connectivity index is 1.34. The normalized spacial score (nSPS) is 18.7. The van der Waals surface area contributed by atoms with Crippen LogP contribution in [0.5, 0.6) is 0 Å². The summed E-state index contributed by atoms with van der Waals surface area (Å²) in [6.45, 7) is 2.98. The number of piperidine rings is 1. The zero-order chi connectivity index (χ0) is 19.3. The molecule has 4 rings (SSSR count). The van der Waals surface area contributed by atoms with Crippen LogP contribution in [0.15, 0.2) is 36.5 Å². The van der Waals surface area contributed by atoms with Gasteiger partial charge in [-0.2, -0.15) is 9.90 Å². The predicted molar refractivity (Wildman–Crippen MR) is 105 cm³/mol. The molecule has 1 aromatic heterocycles. The molecule has 0 radical (unpaired) electrons.